The van der Waals surface area contributed by atoms with Crippen molar-refractivity contribution >= 4 is 0 Å². The quantitative estimate of drug-likeness (QED) is 0.801. The van der Waals surface area contributed by atoms with E-state index < -0.39 is 0 Å². The van der Waals surface area contributed by atoms with Gasteiger partial charge in [0.05, 0.1) is 6.20 Å². The van der Waals surface area contributed by atoms with Crippen LogP contribution in [0.2, 0.25) is 0 Å². The first-order chi connectivity index (χ1) is 7.40. The van der Waals surface area contributed by atoms with Crippen molar-refractivity contribution in [3.05, 3.63) is 24.0 Å². The van der Waals surface area contributed by atoms with Gasteiger partial charge in [-0.05, 0) is 30.5 Å². The first kappa shape index (κ1) is 10.6. The van der Waals surface area contributed by atoms with Crippen molar-refractivity contribution in [2.45, 2.75) is 38.6 Å². The zero-order valence-electron chi connectivity index (χ0n) is 9.32. The van der Waals surface area contributed by atoms with Crippen LogP contribution in [0.25, 0.3) is 0 Å². The van der Waals surface area contributed by atoms with Gasteiger partial charge in [-0.25, -0.2) is 0 Å². The SMILES string of the molecule is CCNC(CC1CCC1)c1ccnnc1. The highest BCUT2D eigenvalue weighted by Crippen LogP contribution is 2.34. The van der Waals surface area contributed by atoms with Crippen LogP contribution < -0.4 is 5.32 Å². The van der Waals surface area contributed by atoms with Crippen LogP contribution in [0.15, 0.2) is 18.5 Å². The highest BCUT2D eigenvalue weighted by molar-refractivity contribution is 5.11. The Balaban J connectivity index is 1.98. The molecule has 1 heterocycles. The van der Waals surface area contributed by atoms with Crippen molar-refractivity contribution in [1.29, 1.82) is 0 Å². The smallest absolute Gasteiger partial charge is 0.0544 e. The molecule has 0 bridgehead atoms. The van der Waals surface area contributed by atoms with Gasteiger partial charge in [0.1, 0.15) is 0 Å². The minimum atomic E-state index is 0.468. The molecule has 0 spiro atoms. The summed E-state index contributed by atoms with van der Waals surface area (Å²) >= 11 is 0. The van der Waals surface area contributed by atoms with E-state index in [4.69, 9.17) is 0 Å². The Morgan fingerprint density at radius 2 is 2.33 bits per heavy atom. The van der Waals surface area contributed by atoms with Crippen molar-refractivity contribution in [2.75, 3.05) is 6.54 Å². The third-order valence-corrected chi connectivity index (χ3v) is 3.25. The summed E-state index contributed by atoms with van der Waals surface area (Å²) in [6, 6.07) is 2.54. The van der Waals surface area contributed by atoms with Crippen LogP contribution in [-0.2, 0) is 0 Å². The number of rotatable bonds is 5. The second-order valence-electron chi connectivity index (χ2n) is 4.32. The van der Waals surface area contributed by atoms with Crippen LogP contribution >= 0.6 is 0 Å². The number of aromatic nitrogens is 2. The Kier molecular flexibility index (Phi) is 3.67. The lowest BCUT2D eigenvalue weighted by atomic mass is 9.80. The lowest BCUT2D eigenvalue weighted by molar-refractivity contribution is 0.262. The summed E-state index contributed by atoms with van der Waals surface area (Å²) in [6.07, 6.45) is 9.13. The zero-order valence-corrected chi connectivity index (χ0v) is 9.32. The molecule has 1 aromatic rings. The molecule has 3 nitrogen and oxygen atoms in total. The molecule has 2 rings (SSSR count). The Labute approximate surface area is 91.3 Å². The molecule has 1 aromatic heterocycles. The van der Waals surface area contributed by atoms with Gasteiger partial charge in [0.25, 0.3) is 0 Å². The maximum Gasteiger partial charge on any atom is 0.0544 e. The van der Waals surface area contributed by atoms with Crippen LogP contribution in [0.5, 0.6) is 0 Å². The van der Waals surface area contributed by atoms with E-state index in [1.54, 1.807) is 6.20 Å². The van der Waals surface area contributed by atoms with Gasteiger partial charge in [-0.1, -0.05) is 26.2 Å². The van der Waals surface area contributed by atoms with E-state index in [9.17, 15) is 0 Å². The molecule has 1 atom stereocenters. The van der Waals surface area contributed by atoms with E-state index in [1.165, 1.54) is 31.2 Å². The van der Waals surface area contributed by atoms with Crippen LogP contribution in [0, 0.1) is 5.92 Å². The third-order valence-electron chi connectivity index (χ3n) is 3.25. The predicted molar refractivity (Wildman–Crippen MR) is 60.4 cm³/mol. The van der Waals surface area contributed by atoms with Crippen LogP contribution in [0.3, 0.4) is 0 Å². The van der Waals surface area contributed by atoms with Gasteiger partial charge in [0.15, 0.2) is 0 Å². The molecule has 0 amide bonds. The van der Waals surface area contributed by atoms with Crippen molar-refractivity contribution in [1.82, 2.24) is 15.5 Å². The van der Waals surface area contributed by atoms with Gasteiger partial charge in [-0.2, -0.15) is 10.2 Å². The first-order valence-electron chi connectivity index (χ1n) is 5.90. The molecule has 0 saturated heterocycles. The highest BCUT2D eigenvalue weighted by Gasteiger charge is 2.22. The standard InChI is InChI=1S/C12H19N3/c1-2-13-12(8-10-4-3-5-10)11-6-7-14-15-9-11/h6-7,9-10,12-13H,2-5,8H2,1H3. The summed E-state index contributed by atoms with van der Waals surface area (Å²) in [4.78, 5) is 0. The lowest BCUT2D eigenvalue weighted by Gasteiger charge is -2.30. The first-order valence-corrected chi connectivity index (χ1v) is 5.90. The van der Waals surface area contributed by atoms with Gasteiger partial charge in [0.2, 0.25) is 0 Å². The number of nitrogens with zero attached hydrogens (tertiary/aromatic N) is 2. The van der Waals surface area contributed by atoms with Crippen LogP contribution in [0.1, 0.15) is 44.2 Å². The predicted octanol–water partition coefficient (Wildman–Crippen LogP) is 2.32. The van der Waals surface area contributed by atoms with E-state index >= 15 is 0 Å². The molecule has 1 saturated carbocycles. The molecule has 15 heavy (non-hydrogen) atoms. The van der Waals surface area contributed by atoms with Gasteiger partial charge in [-0.15, -0.1) is 0 Å². The van der Waals surface area contributed by atoms with Crippen LogP contribution in [-0.4, -0.2) is 16.7 Å². The van der Waals surface area contributed by atoms with E-state index in [1.807, 2.05) is 6.20 Å². The van der Waals surface area contributed by atoms with E-state index in [-0.39, 0.29) is 0 Å². The van der Waals surface area contributed by atoms with Gasteiger partial charge in [-0.3, -0.25) is 0 Å². The molecule has 1 unspecified atom stereocenters. The van der Waals surface area contributed by atoms with Crippen molar-refractivity contribution in [2.24, 2.45) is 5.92 Å². The molecule has 3 heteroatoms. The third kappa shape index (κ3) is 2.75. The molecule has 82 valence electrons. The molecule has 1 N–H and O–H groups in total. The maximum atomic E-state index is 3.95. The summed E-state index contributed by atoms with van der Waals surface area (Å²) in [5.41, 5.74) is 1.28. The van der Waals surface area contributed by atoms with Gasteiger partial charge in [0, 0.05) is 12.2 Å². The maximum absolute atomic E-state index is 3.95. The number of nitrogens with one attached hydrogen (secondary N) is 1. The fraction of sp³-hybridized carbons (Fsp3) is 0.667. The number of hydrogen-bond donors (Lipinski definition) is 1. The molecule has 0 aliphatic heterocycles. The van der Waals surface area contributed by atoms with E-state index in [0.29, 0.717) is 6.04 Å². The second kappa shape index (κ2) is 5.21. The Bertz CT molecular complexity index is 282. The van der Waals surface area contributed by atoms with Gasteiger partial charge < -0.3 is 5.32 Å². The average molecular weight is 205 g/mol. The Morgan fingerprint density at radius 1 is 1.47 bits per heavy atom. The van der Waals surface area contributed by atoms with Crippen LogP contribution in [0.4, 0.5) is 0 Å². The summed E-state index contributed by atoms with van der Waals surface area (Å²) in [5.74, 6) is 0.919. The summed E-state index contributed by atoms with van der Waals surface area (Å²) < 4.78 is 0. The second-order valence-corrected chi connectivity index (χ2v) is 4.32. The lowest BCUT2D eigenvalue weighted by Crippen LogP contribution is -2.26. The normalized spacial score (nSPS) is 18.5. The highest BCUT2D eigenvalue weighted by atomic mass is 15.1. The minimum Gasteiger partial charge on any atom is -0.310 e. The van der Waals surface area contributed by atoms with E-state index in [2.05, 4.69) is 28.5 Å². The monoisotopic (exact) mass is 205 g/mol. The molecule has 0 radical (unpaired) electrons. The van der Waals surface area contributed by atoms with Crippen molar-refractivity contribution in [3.63, 3.8) is 0 Å². The minimum absolute atomic E-state index is 0.468. The molecular formula is C12H19N3. The molecule has 1 fully saturated rings. The largest absolute Gasteiger partial charge is 0.310 e. The van der Waals surface area contributed by atoms with E-state index in [0.717, 1.165) is 12.5 Å². The summed E-state index contributed by atoms with van der Waals surface area (Å²) in [7, 11) is 0. The molecule has 1 aliphatic rings. The Morgan fingerprint density at radius 3 is 2.87 bits per heavy atom. The molecule has 1 aliphatic carbocycles. The fourth-order valence-electron chi connectivity index (χ4n) is 2.15. The number of hydrogen-bond acceptors (Lipinski definition) is 3. The van der Waals surface area contributed by atoms with Crippen molar-refractivity contribution < 1.29 is 0 Å². The summed E-state index contributed by atoms with van der Waals surface area (Å²) in [6.45, 7) is 3.17. The Hall–Kier alpha value is -0.960. The topological polar surface area (TPSA) is 37.8 Å². The van der Waals surface area contributed by atoms with Crippen molar-refractivity contribution in [3.8, 4) is 0 Å². The molecular weight excluding hydrogens is 186 g/mol. The molecule has 0 aromatic carbocycles. The summed E-state index contributed by atoms with van der Waals surface area (Å²) in [5, 5.41) is 11.3. The average Bonchev–Trinajstić information content (AvgIpc) is 2.23. The fourth-order valence-corrected chi connectivity index (χ4v) is 2.15. The van der Waals surface area contributed by atoms with Gasteiger partial charge >= 0.3 is 0 Å². The zero-order chi connectivity index (χ0) is 10.5.